The second kappa shape index (κ2) is 16.0. The van der Waals surface area contributed by atoms with Gasteiger partial charge in [-0.15, -0.1) is 12.4 Å². The van der Waals surface area contributed by atoms with Crippen LogP contribution in [0.1, 0.15) is 42.9 Å². The van der Waals surface area contributed by atoms with Gasteiger partial charge in [0.1, 0.15) is 11.5 Å². The maximum atomic E-state index is 13.2. The number of hydrogen-bond donors (Lipinski definition) is 3. The van der Waals surface area contributed by atoms with Gasteiger partial charge in [0.15, 0.2) is 0 Å². The van der Waals surface area contributed by atoms with Crippen LogP contribution in [0.5, 0.6) is 11.5 Å². The fourth-order valence-corrected chi connectivity index (χ4v) is 5.60. The molecule has 1 heterocycles. The molecule has 0 radical (unpaired) electrons. The number of hydrogen-bond acceptors (Lipinski definition) is 6. The quantitative estimate of drug-likeness (QED) is 0.243. The summed E-state index contributed by atoms with van der Waals surface area (Å²) in [5, 5.41) is 12.9. The maximum absolute atomic E-state index is 13.2. The van der Waals surface area contributed by atoms with E-state index < -0.39 is 16.1 Å². The molecule has 1 atom stereocenters. The van der Waals surface area contributed by atoms with Crippen LogP contribution in [-0.4, -0.2) is 67.4 Å². The second-order valence-corrected chi connectivity index (χ2v) is 12.7. The molecule has 234 valence electrons. The van der Waals surface area contributed by atoms with Crippen molar-refractivity contribution in [3.8, 4) is 11.5 Å². The highest BCUT2D eigenvalue weighted by atomic mass is 35.5. The summed E-state index contributed by atoms with van der Waals surface area (Å²) in [4.78, 5) is 17.6. The lowest BCUT2D eigenvalue weighted by Crippen LogP contribution is -2.51. The minimum absolute atomic E-state index is 0. The van der Waals surface area contributed by atoms with Gasteiger partial charge in [-0.2, -0.15) is 0 Å². The summed E-state index contributed by atoms with van der Waals surface area (Å²) in [5.74, 6) is 1.32. The normalized spacial score (nSPS) is 14.8. The topological polar surface area (TPSA) is 111 Å². The number of aryl methyl sites for hydroxylation is 1. The van der Waals surface area contributed by atoms with Crippen molar-refractivity contribution in [3.63, 3.8) is 0 Å². The fourth-order valence-electron chi connectivity index (χ4n) is 5.04. The van der Waals surface area contributed by atoms with Gasteiger partial charge in [-0.1, -0.05) is 43.3 Å². The number of amides is 2. The second-order valence-electron chi connectivity index (χ2n) is 11.0. The number of sulfonamides is 1. The van der Waals surface area contributed by atoms with Crippen LogP contribution in [0.2, 0.25) is 0 Å². The molecular formula is C32H43ClN4O5S. The number of likely N-dealkylation sites (tertiary alicyclic amines) is 1. The first-order valence-corrected chi connectivity index (χ1v) is 16.3. The number of benzene rings is 3. The van der Waals surface area contributed by atoms with Crippen molar-refractivity contribution < 1.29 is 23.1 Å². The highest BCUT2D eigenvalue weighted by molar-refractivity contribution is 7.92. The smallest absolute Gasteiger partial charge is 0.318 e. The molecule has 43 heavy (non-hydrogen) atoms. The third kappa shape index (κ3) is 10.7. The van der Waals surface area contributed by atoms with Crippen LogP contribution >= 0.6 is 12.4 Å². The summed E-state index contributed by atoms with van der Waals surface area (Å²) in [6.07, 6.45) is 2.92. The Morgan fingerprint density at radius 2 is 1.63 bits per heavy atom. The van der Waals surface area contributed by atoms with Gasteiger partial charge >= 0.3 is 6.03 Å². The third-order valence-electron chi connectivity index (χ3n) is 7.54. The molecule has 4 rings (SSSR count). The lowest BCUT2D eigenvalue weighted by Gasteiger charge is -2.39. The highest BCUT2D eigenvalue weighted by Crippen LogP contribution is 2.25. The summed E-state index contributed by atoms with van der Waals surface area (Å²) in [7, 11) is -3.32. The van der Waals surface area contributed by atoms with Crippen molar-refractivity contribution in [3.05, 3.63) is 89.5 Å². The molecular weight excluding hydrogens is 588 g/mol. The zero-order valence-electron chi connectivity index (χ0n) is 25.0. The Kier molecular flexibility index (Phi) is 12.7. The number of rotatable bonds is 12. The largest absolute Gasteiger partial charge is 0.457 e. The fraction of sp³-hybridized carbons (Fsp3) is 0.406. The van der Waals surface area contributed by atoms with Gasteiger partial charge in [0, 0.05) is 44.5 Å². The van der Waals surface area contributed by atoms with Crippen LogP contribution in [0.25, 0.3) is 0 Å². The van der Waals surface area contributed by atoms with Gasteiger partial charge in [0.2, 0.25) is 10.0 Å². The Labute approximate surface area is 261 Å². The van der Waals surface area contributed by atoms with E-state index in [1.165, 1.54) is 5.56 Å². The summed E-state index contributed by atoms with van der Waals surface area (Å²) >= 11 is 0. The molecule has 0 aromatic heterocycles. The molecule has 0 saturated carbocycles. The SMILES string of the molecule is CCC(O)CNC(=O)N(Cc1ccccc1C)C1CCN(Cc2ccc(Oc3ccc(NS(C)(=O)=O)cc3)cc2)CC1.Cl. The molecule has 1 unspecified atom stereocenters. The monoisotopic (exact) mass is 630 g/mol. The zero-order valence-corrected chi connectivity index (χ0v) is 26.7. The first-order valence-electron chi connectivity index (χ1n) is 14.4. The number of piperidine rings is 1. The number of aliphatic hydroxyl groups is 1. The van der Waals surface area contributed by atoms with Crippen molar-refractivity contribution in [1.82, 2.24) is 15.1 Å². The molecule has 0 spiro atoms. The number of halogens is 1. The molecule has 1 saturated heterocycles. The Balaban J connectivity index is 0.00000506. The average molecular weight is 631 g/mol. The van der Waals surface area contributed by atoms with Gasteiger partial charge in [-0.25, -0.2) is 13.2 Å². The molecule has 3 aromatic carbocycles. The van der Waals surface area contributed by atoms with Gasteiger partial charge in [0.05, 0.1) is 12.4 Å². The van der Waals surface area contributed by atoms with E-state index in [1.54, 1.807) is 24.3 Å². The van der Waals surface area contributed by atoms with Crippen LogP contribution in [-0.2, 0) is 23.1 Å². The summed E-state index contributed by atoms with van der Waals surface area (Å²) < 4.78 is 31.1. The molecule has 3 aromatic rings. The highest BCUT2D eigenvalue weighted by Gasteiger charge is 2.28. The minimum atomic E-state index is -3.32. The van der Waals surface area contributed by atoms with Gasteiger partial charge in [-0.05, 0) is 79.3 Å². The summed E-state index contributed by atoms with van der Waals surface area (Å²) in [6, 6.07) is 22.9. The van der Waals surface area contributed by atoms with Gasteiger partial charge < -0.3 is 20.1 Å². The third-order valence-corrected chi connectivity index (χ3v) is 8.15. The first-order chi connectivity index (χ1) is 20.1. The predicted octanol–water partition coefficient (Wildman–Crippen LogP) is 5.53. The standard InChI is InChI=1S/C32H42N4O5S.ClH/c1-4-29(37)21-33-32(38)36(23-26-8-6-5-7-24(26)2)28-17-19-35(20-18-28)22-25-9-13-30(14-10-25)41-31-15-11-27(12-16-31)34-42(3,39)40;/h5-16,28-29,34,37H,4,17-23H2,1-3H3,(H,33,38);1H. The predicted molar refractivity (Wildman–Crippen MR) is 173 cm³/mol. The molecule has 2 amide bonds. The summed E-state index contributed by atoms with van der Waals surface area (Å²) in [5.41, 5.74) is 3.96. The van der Waals surface area contributed by atoms with Gasteiger partial charge in [-0.3, -0.25) is 9.62 Å². The molecule has 0 aliphatic carbocycles. The molecule has 0 bridgehead atoms. The number of nitrogens with one attached hydrogen (secondary N) is 2. The van der Waals surface area contributed by atoms with Crippen molar-refractivity contribution in [1.29, 1.82) is 0 Å². The van der Waals surface area contributed by atoms with Crippen molar-refractivity contribution in [2.75, 3.05) is 30.6 Å². The van der Waals surface area contributed by atoms with E-state index in [1.807, 2.05) is 36.1 Å². The number of aliphatic hydroxyl groups excluding tert-OH is 1. The molecule has 1 aliphatic rings. The number of urea groups is 1. The zero-order chi connectivity index (χ0) is 30.1. The van der Waals surface area contributed by atoms with E-state index in [0.29, 0.717) is 30.2 Å². The maximum Gasteiger partial charge on any atom is 0.318 e. The van der Waals surface area contributed by atoms with E-state index in [9.17, 15) is 18.3 Å². The molecule has 11 heteroatoms. The van der Waals surface area contributed by atoms with Gasteiger partial charge in [0.25, 0.3) is 0 Å². The van der Waals surface area contributed by atoms with E-state index in [4.69, 9.17) is 4.74 Å². The van der Waals surface area contributed by atoms with Crippen LogP contribution < -0.4 is 14.8 Å². The van der Waals surface area contributed by atoms with E-state index in [-0.39, 0.29) is 31.0 Å². The number of carbonyl (C=O) groups is 1. The van der Waals surface area contributed by atoms with Crippen molar-refractivity contribution >= 4 is 34.1 Å². The Hall–Kier alpha value is -3.31. The van der Waals surface area contributed by atoms with E-state index >= 15 is 0 Å². The lowest BCUT2D eigenvalue weighted by atomic mass is 10.0. The van der Waals surface area contributed by atoms with Crippen LogP contribution in [0, 0.1) is 6.92 Å². The summed E-state index contributed by atoms with van der Waals surface area (Å²) in [6.45, 7) is 7.34. The number of nitrogens with zero attached hydrogens (tertiary/aromatic N) is 2. The first kappa shape index (κ1) is 34.2. The Bertz CT molecular complexity index is 1410. The van der Waals surface area contributed by atoms with E-state index in [2.05, 4.69) is 46.1 Å². The number of carbonyl (C=O) groups excluding carboxylic acids is 1. The van der Waals surface area contributed by atoms with Crippen LogP contribution in [0.3, 0.4) is 0 Å². The Morgan fingerprint density at radius 1 is 1.02 bits per heavy atom. The molecule has 1 aliphatic heterocycles. The number of anilines is 1. The van der Waals surface area contributed by atoms with Crippen LogP contribution in [0.15, 0.2) is 72.8 Å². The van der Waals surface area contributed by atoms with Crippen molar-refractivity contribution in [2.45, 2.75) is 58.3 Å². The molecule has 9 nitrogen and oxygen atoms in total. The van der Waals surface area contributed by atoms with Crippen molar-refractivity contribution in [2.24, 2.45) is 0 Å². The average Bonchev–Trinajstić information content (AvgIpc) is 2.97. The lowest BCUT2D eigenvalue weighted by molar-refractivity contribution is 0.108. The van der Waals surface area contributed by atoms with Crippen LogP contribution in [0.4, 0.5) is 10.5 Å². The number of ether oxygens (including phenoxy) is 1. The Morgan fingerprint density at radius 3 is 2.21 bits per heavy atom. The van der Waals surface area contributed by atoms with E-state index in [0.717, 1.165) is 49.9 Å². The molecule has 3 N–H and O–H groups in total. The molecule has 1 fully saturated rings. The minimum Gasteiger partial charge on any atom is -0.457 e.